The lowest BCUT2D eigenvalue weighted by Gasteiger charge is -2.19. The van der Waals surface area contributed by atoms with Crippen molar-refractivity contribution in [3.63, 3.8) is 0 Å². The Morgan fingerprint density at radius 2 is 1.82 bits per heavy atom. The molecule has 4 rings (SSSR count). The number of ether oxygens (including phenoxy) is 1. The average Bonchev–Trinajstić information content (AvgIpc) is 3.33. The standard InChI is InChI=1S/C22H29N3O5S.C2H6/c1-29-22-9-15-4-2-3-5-19(15)20(22)11-18-10-17(24-13-25-18)7-14-6-16(21(26)8-14)12-30-31(23,27)28;1-2/h2-5,10,13-14,16,20-22,26H,6-9,11-12H2,1H3,(H2,23,27,28);1-2H3/t14-,16-,20+,21-,22-;/m0./s1. The van der Waals surface area contributed by atoms with Gasteiger partial charge in [-0.1, -0.05) is 38.1 Å². The number of nitrogens with zero attached hydrogens (tertiary/aromatic N) is 2. The number of fused-ring (bicyclic) bond motifs is 1. The van der Waals surface area contributed by atoms with Crippen molar-refractivity contribution >= 4 is 10.3 Å². The highest BCUT2D eigenvalue weighted by Crippen LogP contribution is 2.37. The Morgan fingerprint density at radius 3 is 2.52 bits per heavy atom. The van der Waals surface area contributed by atoms with Crippen LogP contribution in [0.2, 0.25) is 0 Å². The lowest BCUT2D eigenvalue weighted by Crippen LogP contribution is -2.24. The minimum atomic E-state index is -4.00. The third-order valence-electron chi connectivity index (χ3n) is 6.54. The molecule has 3 N–H and O–H groups in total. The Hall–Kier alpha value is -1.91. The normalized spacial score (nSPS) is 26.5. The molecule has 2 aliphatic carbocycles. The largest absolute Gasteiger partial charge is 0.393 e. The number of aromatic nitrogens is 2. The third kappa shape index (κ3) is 6.80. The highest BCUT2D eigenvalue weighted by Gasteiger charge is 2.35. The fraction of sp³-hybridized carbons (Fsp3) is 0.583. The molecule has 9 heteroatoms. The molecule has 2 aromatic rings. The second-order valence-electron chi connectivity index (χ2n) is 8.63. The van der Waals surface area contributed by atoms with Crippen LogP contribution < -0.4 is 5.14 Å². The Kier molecular flexibility index (Phi) is 8.95. The molecule has 0 radical (unpaired) electrons. The van der Waals surface area contributed by atoms with Crippen LogP contribution in [0, 0.1) is 11.8 Å². The van der Waals surface area contributed by atoms with Gasteiger partial charge in [-0.2, -0.15) is 8.42 Å². The van der Waals surface area contributed by atoms with Gasteiger partial charge in [0, 0.05) is 30.3 Å². The predicted molar refractivity (Wildman–Crippen MR) is 126 cm³/mol. The Labute approximate surface area is 196 Å². The van der Waals surface area contributed by atoms with E-state index in [1.165, 1.54) is 11.1 Å². The van der Waals surface area contributed by atoms with E-state index in [0.29, 0.717) is 19.3 Å². The summed E-state index contributed by atoms with van der Waals surface area (Å²) in [6.07, 6.45) is 4.77. The van der Waals surface area contributed by atoms with Crippen LogP contribution >= 0.6 is 0 Å². The molecule has 0 unspecified atom stereocenters. The van der Waals surface area contributed by atoms with Gasteiger partial charge in [0.15, 0.2) is 0 Å². The number of rotatable bonds is 8. The molecule has 0 aliphatic heterocycles. The number of aliphatic hydroxyl groups excluding tert-OH is 1. The Balaban J connectivity index is 0.00000149. The first kappa shape index (κ1) is 25.7. The monoisotopic (exact) mass is 477 g/mol. The Bertz CT molecular complexity index is 1020. The summed E-state index contributed by atoms with van der Waals surface area (Å²) < 4.78 is 32.5. The van der Waals surface area contributed by atoms with Crippen LogP contribution in [-0.4, -0.2) is 49.4 Å². The van der Waals surface area contributed by atoms with Gasteiger partial charge in [0.2, 0.25) is 0 Å². The molecule has 1 aromatic heterocycles. The molecule has 1 aromatic carbocycles. The summed E-state index contributed by atoms with van der Waals surface area (Å²) in [5, 5.41) is 15.2. The summed E-state index contributed by atoms with van der Waals surface area (Å²) >= 11 is 0. The summed E-state index contributed by atoms with van der Waals surface area (Å²) in [5.74, 6) is 0.213. The summed E-state index contributed by atoms with van der Waals surface area (Å²) in [6, 6.07) is 10.5. The Morgan fingerprint density at radius 1 is 1.12 bits per heavy atom. The second-order valence-corrected chi connectivity index (χ2v) is 9.86. The van der Waals surface area contributed by atoms with E-state index in [4.69, 9.17) is 9.88 Å². The van der Waals surface area contributed by atoms with E-state index in [1.54, 1.807) is 13.4 Å². The molecule has 8 nitrogen and oxygen atoms in total. The molecule has 1 heterocycles. The number of methoxy groups -OCH3 is 1. The lowest BCUT2D eigenvalue weighted by atomic mass is 9.93. The third-order valence-corrected chi connectivity index (χ3v) is 7.00. The predicted octanol–water partition coefficient (Wildman–Crippen LogP) is 2.55. The summed E-state index contributed by atoms with van der Waals surface area (Å²) in [5.41, 5.74) is 4.56. The number of hydrogen-bond acceptors (Lipinski definition) is 7. The van der Waals surface area contributed by atoms with Gasteiger partial charge >= 0.3 is 10.3 Å². The van der Waals surface area contributed by atoms with Gasteiger partial charge in [-0.25, -0.2) is 15.1 Å². The highest BCUT2D eigenvalue weighted by molar-refractivity contribution is 7.84. The average molecular weight is 478 g/mol. The first-order valence-electron chi connectivity index (χ1n) is 11.6. The van der Waals surface area contributed by atoms with Crippen LogP contribution in [0.25, 0.3) is 0 Å². The molecular weight excluding hydrogens is 442 g/mol. The number of hydrogen-bond donors (Lipinski definition) is 2. The molecule has 0 bridgehead atoms. The minimum absolute atomic E-state index is 0.0922. The zero-order chi connectivity index (χ0) is 24.0. The van der Waals surface area contributed by atoms with Crippen LogP contribution in [-0.2, 0) is 38.5 Å². The van der Waals surface area contributed by atoms with Crippen LogP contribution in [0.15, 0.2) is 36.7 Å². The SMILES string of the molecule is CC.CO[C@H]1Cc2ccccc2[C@H]1Cc1cc(C[C@@H]2C[C@@H](COS(N)(=O)=O)[C@@H](O)C2)ncn1. The lowest BCUT2D eigenvalue weighted by molar-refractivity contribution is 0.0887. The molecule has 33 heavy (non-hydrogen) atoms. The van der Waals surface area contributed by atoms with E-state index in [1.807, 2.05) is 19.9 Å². The molecule has 0 saturated heterocycles. The van der Waals surface area contributed by atoms with Crippen molar-refractivity contribution in [1.82, 2.24) is 9.97 Å². The maximum atomic E-state index is 11.0. The van der Waals surface area contributed by atoms with Crippen molar-refractivity contribution in [2.75, 3.05) is 13.7 Å². The number of aliphatic hydroxyl groups is 1. The zero-order valence-electron chi connectivity index (χ0n) is 19.6. The maximum Gasteiger partial charge on any atom is 0.333 e. The second kappa shape index (κ2) is 11.5. The van der Waals surface area contributed by atoms with Crippen LogP contribution in [0.5, 0.6) is 0 Å². The van der Waals surface area contributed by atoms with Gasteiger partial charge in [-0.15, -0.1) is 0 Å². The van der Waals surface area contributed by atoms with E-state index in [2.05, 4.69) is 38.4 Å². The van der Waals surface area contributed by atoms with E-state index < -0.39 is 16.4 Å². The van der Waals surface area contributed by atoms with E-state index in [9.17, 15) is 13.5 Å². The van der Waals surface area contributed by atoms with E-state index in [0.717, 1.165) is 24.2 Å². The van der Waals surface area contributed by atoms with Gasteiger partial charge in [-0.05, 0) is 55.2 Å². The fourth-order valence-corrected chi connectivity index (χ4v) is 5.43. The van der Waals surface area contributed by atoms with Gasteiger partial charge in [-0.3, -0.25) is 4.18 Å². The molecule has 5 atom stereocenters. The van der Waals surface area contributed by atoms with Crippen molar-refractivity contribution in [2.45, 2.75) is 64.1 Å². The topological polar surface area (TPSA) is 125 Å². The van der Waals surface area contributed by atoms with Crippen LogP contribution in [0.4, 0.5) is 0 Å². The van der Waals surface area contributed by atoms with E-state index in [-0.39, 0.29) is 30.5 Å². The van der Waals surface area contributed by atoms with Crippen molar-refractivity contribution in [1.29, 1.82) is 0 Å². The van der Waals surface area contributed by atoms with Crippen molar-refractivity contribution < 1.29 is 22.4 Å². The van der Waals surface area contributed by atoms with Gasteiger partial charge in [0.05, 0.1) is 18.8 Å². The quantitative estimate of drug-likeness (QED) is 0.598. The fourth-order valence-electron chi connectivity index (χ4n) is 5.06. The molecule has 1 saturated carbocycles. The summed E-state index contributed by atoms with van der Waals surface area (Å²) in [6.45, 7) is 3.91. The van der Waals surface area contributed by atoms with Crippen LogP contribution in [0.3, 0.4) is 0 Å². The van der Waals surface area contributed by atoms with Crippen molar-refractivity contribution in [3.8, 4) is 0 Å². The highest BCUT2D eigenvalue weighted by atomic mass is 32.2. The molecule has 0 spiro atoms. The number of benzene rings is 1. The van der Waals surface area contributed by atoms with Gasteiger partial charge in [0.1, 0.15) is 6.33 Å². The van der Waals surface area contributed by atoms with E-state index >= 15 is 0 Å². The molecule has 182 valence electrons. The van der Waals surface area contributed by atoms with Crippen molar-refractivity contribution in [2.24, 2.45) is 17.0 Å². The number of nitrogens with two attached hydrogens (primary N) is 1. The maximum absolute atomic E-state index is 11.0. The van der Waals surface area contributed by atoms with Crippen molar-refractivity contribution in [3.05, 3.63) is 59.2 Å². The van der Waals surface area contributed by atoms with Gasteiger partial charge in [0.25, 0.3) is 0 Å². The molecule has 1 fully saturated rings. The summed E-state index contributed by atoms with van der Waals surface area (Å²) in [7, 11) is -2.24. The first-order chi connectivity index (χ1) is 15.8. The minimum Gasteiger partial charge on any atom is -0.393 e. The smallest absolute Gasteiger partial charge is 0.333 e. The zero-order valence-corrected chi connectivity index (χ0v) is 20.4. The molecule has 0 amide bonds. The summed E-state index contributed by atoms with van der Waals surface area (Å²) in [4.78, 5) is 8.91. The van der Waals surface area contributed by atoms with Crippen LogP contribution in [0.1, 0.15) is 55.1 Å². The van der Waals surface area contributed by atoms with Gasteiger partial charge < -0.3 is 9.84 Å². The molecular formula is C24H35N3O5S. The first-order valence-corrected chi connectivity index (χ1v) is 13.0. The molecule has 2 aliphatic rings.